The predicted molar refractivity (Wildman–Crippen MR) is 73.2 cm³/mol. The second-order valence-corrected chi connectivity index (χ2v) is 4.21. The van der Waals surface area contributed by atoms with Gasteiger partial charge in [-0.25, -0.2) is 4.79 Å². The van der Waals surface area contributed by atoms with Crippen molar-refractivity contribution in [1.29, 1.82) is 0 Å². The van der Waals surface area contributed by atoms with Crippen LogP contribution in [0.1, 0.15) is 5.56 Å². The largest absolute Gasteiger partial charge is 0.573 e. The molecule has 0 aliphatic rings. The summed E-state index contributed by atoms with van der Waals surface area (Å²) in [5.74, 6) is -0.480. The second kappa shape index (κ2) is 6.79. The first-order chi connectivity index (χ1) is 10.4. The molecule has 0 atom stereocenters. The summed E-state index contributed by atoms with van der Waals surface area (Å²) in [5, 5.41) is 4.82. The van der Waals surface area contributed by atoms with E-state index >= 15 is 0 Å². The van der Waals surface area contributed by atoms with Crippen molar-refractivity contribution in [3.05, 3.63) is 54.4 Å². The van der Waals surface area contributed by atoms with E-state index in [9.17, 15) is 18.0 Å². The number of halogens is 3. The van der Waals surface area contributed by atoms with Crippen LogP contribution in [0.5, 0.6) is 5.75 Å². The van der Waals surface area contributed by atoms with Gasteiger partial charge in [-0.2, -0.15) is 0 Å². The van der Waals surface area contributed by atoms with Crippen molar-refractivity contribution in [2.75, 3.05) is 5.32 Å². The number of ether oxygens (including phenoxy) is 1. The number of pyridine rings is 1. The maximum Gasteiger partial charge on any atom is 0.573 e. The number of hydrogen-bond donors (Lipinski definition) is 2. The summed E-state index contributed by atoms with van der Waals surface area (Å²) in [7, 11) is 0. The molecule has 1 aromatic carbocycles. The van der Waals surface area contributed by atoms with Gasteiger partial charge in [0.15, 0.2) is 5.75 Å². The highest BCUT2D eigenvalue weighted by Crippen LogP contribution is 2.29. The Morgan fingerprint density at radius 3 is 2.64 bits per heavy atom. The lowest BCUT2D eigenvalue weighted by Crippen LogP contribution is -2.28. The van der Waals surface area contributed by atoms with Gasteiger partial charge in [-0.15, -0.1) is 13.2 Å². The second-order valence-electron chi connectivity index (χ2n) is 4.21. The van der Waals surface area contributed by atoms with Gasteiger partial charge >= 0.3 is 12.4 Å². The monoisotopic (exact) mass is 311 g/mol. The zero-order chi connectivity index (χ0) is 16.0. The molecule has 0 saturated carbocycles. The van der Waals surface area contributed by atoms with E-state index in [1.54, 1.807) is 24.5 Å². The Balaban J connectivity index is 1.97. The number of amides is 2. The number of rotatable bonds is 4. The molecule has 0 bridgehead atoms. The summed E-state index contributed by atoms with van der Waals surface area (Å²) in [6.45, 7) is 0.196. The summed E-state index contributed by atoms with van der Waals surface area (Å²) in [6, 6.07) is 8.10. The molecule has 0 radical (unpaired) electrons. The first kappa shape index (κ1) is 15.6. The number of carbonyl (C=O) groups is 1. The highest BCUT2D eigenvalue weighted by Gasteiger charge is 2.32. The minimum atomic E-state index is -4.83. The normalized spacial score (nSPS) is 10.9. The minimum absolute atomic E-state index is 0.0801. The third-order valence-electron chi connectivity index (χ3n) is 2.54. The van der Waals surface area contributed by atoms with Crippen molar-refractivity contribution < 1.29 is 22.7 Å². The van der Waals surface area contributed by atoms with Crippen LogP contribution in [-0.4, -0.2) is 17.4 Å². The number of benzene rings is 1. The quantitative estimate of drug-likeness (QED) is 0.910. The number of alkyl halides is 3. The third kappa shape index (κ3) is 4.97. The Bertz CT molecular complexity index is 633. The zero-order valence-electron chi connectivity index (χ0n) is 11.2. The average Bonchev–Trinajstić information content (AvgIpc) is 2.47. The van der Waals surface area contributed by atoms with Gasteiger partial charge in [-0.3, -0.25) is 4.98 Å². The summed E-state index contributed by atoms with van der Waals surface area (Å²) >= 11 is 0. The smallest absolute Gasteiger partial charge is 0.404 e. The van der Waals surface area contributed by atoms with Crippen molar-refractivity contribution in [1.82, 2.24) is 10.3 Å². The van der Waals surface area contributed by atoms with Crippen LogP contribution in [-0.2, 0) is 6.54 Å². The number of hydrogen-bond acceptors (Lipinski definition) is 3. The van der Waals surface area contributed by atoms with E-state index in [-0.39, 0.29) is 12.2 Å². The van der Waals surface area contributed by atoms with Crippen LogP contribution < -0.4 is 15.4 Å². The number of nitrogens with one attached hydrogen (secondary N) is 2. The average molecular weight is 311 g/mol. The van der Waals surface area contributed by atoms with E-state index in [4.69, 9.17) is 0 Å². The highest BCUT2D eigenvalue weighted by molar-refractivity contribution is 5.90. The Hall–Kier alpha value is -2.77. The molecule has 0 aliphatic heterocycles. The van der Waals surface area contributed by atoms with E-state index in [1.807, 2.05) is 0 Å². The van der Waals surface area contributed by atoms with E-state index < -0.39 is 18.1 Å². The summed E-state index contributed by atoms with van der Waals surface area (Å²) < 4.78 is 40.7. The third-order valence-corrected chi connectivity index (χ3v) is 2.54. The topological polar surface area (TPSA) is 63.2 Å². The molecular weight excluding hydrogens is 299 g/mol. The van der Waals surface area contributed by atoms with Gasteiger partial charge in [0.1, 0.15) is 0 Å². The Morgan fingerprint density at radius 2 is 1.95 bits per heavy atom. The molecule has 2 amide bonds. The van der Waals surface area contributed by atoms with Gasteiger partial charge < -0.3 is 15.4 Å². The van der Waals surface area contributed by atoms with Gasteiger partial charge in [-0.05, 0) is 23.8 Å². The number of carbonyl (C=O) groups excluding carboxylic acids is 1. The van der Waals surface area contributed by atoms with Crippen LogP contribution >= 0.6 is 0 Å². The zero-order valence-corrected chi connectivity index (χ0v) is 11.2. The number of urea groups is 1. The number of nitrogens with zero attached hydrogens (tertiary/aromatic N) is 1. The maximum atomic E-state index is 12.3. The summed E-state index contributed by atoms with van der Waals surface area (Å²) in [4.78, 5) is 15.6. The summed E-state index contributed by atoms with van der Waals surface area (Å²) in [6.07, 6.45) is -1.67. The number of anilines is 1. The lowest BCUT2D eigenvalue weighted by Gasteiger charge is -2.14. The van der Waals surface area contributed by atoms with Gasteiger partial charge in [0.2, 0.25) is 0 Å². The van der Waals surface area contributed by atoms with Gasteiger partial charge in [-0.1, -0.05) is 18.2 Å². The Morgan fingerprint density at radius 1 is 1.18 bits per heavy atom. The highest BCUT2D eigenvalue weighted by atomic mass is 19.4. The van der Waals surface area contributed by atoms with Crippen LogP contribution in [0.2, 0.25) is 0 Å². The molecule has 0 aliphatic carbocycles. The van der Waals surface area contributed by atoms with Crippen molar-refractivity contribution >= 4 is 11.7 Å². The van der Waals surface area contributed by atoms with Gasteiger partial charge in [0, 0.05) is 18.9 Å². The molecule has 2 rings (SSSR count). The molecule has 2 aromatic rings. The number of aromatic nitrogens is 1. The fourth-order valence-electron chi connectivity index (χ4n) is 1.64. The summed E-state index contributed by atoms with van der Waals surface area (Å²) in [5.41, 5.74) is 0.681. The van der Waals surface area contributed by atoms with E-state index in [1.165, 1.54) is 18.2 Å². The van der Waals surface area contributed by atoms with Crippen LogP contribution in [0, 0.1) is 0 Å². The molecule has 22 heavy (non-hydrogen) atoms. The fourth-order valence-corrected chi connectivity index (χ4v) is 1.64. The van der Waals surface area contributed by atoms with Crippen molar-refractivity contribution in [3.63, 3.8) is 0 Å². The Kier molecular flexibility index (Phi) is 4.82. The van der Waals surface area contributed by atoms with E-state index in [2.05, 4.69) is 20.4 Å². The van der Waals surface area contributed by atoms with Crippen molar-refractivity contribution in [3.8, 4) is 5.75 Å². The first-order valence-corrected chi connectivity index (χ1v) is 6.22. The lowest BCUT2D eigenvalue weighted by atomic mass is 10.3. The van der Waals surface area contributed by atoms with Crippen LogP contribution in [0.3, 0.4) is 0 Å². The molecule has 0 fully saturated rings. The molecule has 0 spiro atoms. The maximum absolute atomic E-state index is 12.3. The minimum Gasteiger partial charge on any atom is -0.404 e. The molecule has 1 aromatic heterocycles. The standard InChI is InChI=1S/C14H12F3N3O2/c15-14(16,17)22-12-6-2-1-5-11(12)20-13(21)19-9-10-4-3-7-18-8-10/h1-8H,9H2,(H2,19,20,21). The van der Waals surface area contributed by atoms with Crippen molar-refractivity contribution in [2.24, 2.45) is 0 Å². The van der Waals surface area contributed by atoms with Gasteiger partial charge in [0.05, 0.1) is 5.69 Å². The molecule has 5 nitrogen and oxygen atoms in total. The molecule has 1 heterocycles. The molecule has 0 unspecified atom stereocenters. The Labute approximate surface area is 124 Å². The SMILES string of the molecule is O=C(NCc1cccnc1)Nc1ccccc1OC(F)(F)F. The molecule has 0 saturated heterocycles. The van der Waals surface area contributed by atoms with Crippen molar-refractivity contribution in [2.45, 2.75) is 12.9 Å². The number of para-hydroxylation sites is 2. The van der Waals surface area contributed by atoms with Crippen LogP contribution in [0.25, 0.3) is 0 Å². The first-order valence-electron chi connectivity index (χ1n) is 6.22. The van der Waals surface area contributed by atoms with E-state index in [0.29, 0.717) is 0 Å². The fraction of sp³-hybridized carbons (Fsp3) is 0.143. The molecule has 8 heteroatoms. The van der Waals surface area contributed by atoms with E-state index in [0.717, 1.165) is 11.6 Å². The predicted octanol–water partition coefficient (Wildman–Crippen LogP) is 3.30. The molecule has 116 valence electrons. The molecule has 2 N–H and O–H groups in total. The van der Waals surface area contributed by atoms with Crippen LogP contribution in [0.4, 0.5) is 23.7 Å². The van der Waals surface area contributed by atoms with Crippen LogP contribution in [0.15, 0.2) is 48.8 Å². The van der Waals surface area contributed by atoms with Gasteiger partial charge in [0.25, 0.3) is 0 Å². The lowest BCUT2D eigenvalue weighted by molar-refractivity contribution is -0.274. The molecular formula is C14H12F3N3O2.